The van der Waals surface area contributed by atoms with Crippen LogP contribution in [0.2, 0.25) is 0 Å². The van der Waals surface area contributed by atoms with Gasteiger partial charge in [-0.1, -0.05) is 6.92 Å². The zero-order chi connectivity index (χ0) is 15.6. The number of hydrogen-bond acceptors (Lipinski definition) is 3. The van der Waals surface area contributed by atoms with Crippen LogP contribution in [0, 0.1) is 5.92 Å². The lowest BCUT2D eigenvalue weighted by atomic mass is 9.76. The Morgan fingerprint density at radius 1 is 1.33 bits per heavy atom. The molecule has 2 fully saturated rings. The molecule has 2 aliphatic rings. The maximum atomic E-state index is 12.1. The van der Waals surface area contributed by atoms with E-state index in [-0.39, 0.29) is 11.9 Å². The molecular formula is C17H33N3O. The van der Waals surface area contributed by atoms with Crippen LogP contribution in [0.1, 0.15) is 66.2 Å². The number of rotatable bonds is 4. The largest absolute Gasteiger partial charge is 0.368 e. The number of carbonyl (C=O) groups is 1. The number of primary amides is 1. The van der Waals surface area contributed by atoms with Crippen molar-refractivity contribution in [3.8, 4) is 0 Å². The van der Waals surface area contributed by atoms with Gasteiger partial charge < -0.3 is 11.1 Å². The van der Waals surface area contributed by atoms with Crippen molar-refractivity contribution in [2.24, 2.45) is 11.7 Å². The van der Waals surface area contributed by atoms with E-state index >= 15 is 0 Å². The van der Waals surface area contributed by atoms with Crippen molar-refractivity contribution in [2.45, 2.75) is 89.9 Å². The number of nitrogens with zero attached hydrogens (tertiary/aromatic N) is 1. The predicted octanol–water partition coefficient (Wildman–Crippen LogP) is 2.27. The number of piperidine rings is 1. The zero-order valence-electron chi connectivity index (χ0n) is 14.2. The monoisotopic (exact) mass is 295 g/mol. The number of likely N-dealkylation sites (tertiary alicyclic amines) is 1. The van der Waals surface area contributed by atoms with Gasteiger partial charge >= 0.3 is 0 Å². The summed E-state index contributed by atoms with van der Waals surface area (Å²) < 4.78 is 0. The highest BCUT2D eigenvalue weighted by molar-refractivity contribution is 5.85. The normalized spacial score (nSPS) is 38.6. The Labute approximate surface area is 129 Å². The number of nitrogens with one attached hydrogen (secondary N) is 1. The third-order valence-electron chi connectivity index (χ3n) is 5.42. The van der Waals surface area contributed by atoms with Crippen LogP contribution in [-0.4, -0.2) is 41.0 Å². The Morgan fingerprint density at radius 3 is 2.62 bits per heavy atom. The molecule has 2 rings (SSSR count). The van der Waals surface area contributed by atoms with Crippen LogP contribution in [0.4, 0.5) is 0 Å². The maximum absolute atomic E-state index is 12.1. The van der Waals surface area contributed by atoms with Crippen LogP contribution >= 0.6 is 0 Å². The van der Waals surface area contributed by atoms with Gasteiger partial charge in [-0.3, -0.25) is 9.69 Å². The topological polar surface area (TPSA) is 58.4 Å². The lowest BCUT2D eigenvalue weighted by molar-refractivity contribution is -0.127. The van der Waals surface area contributed by atoms with Gasteiger partial charge in [-0.2, -0.15) is 0 Å². The third kappa shape index (κ3) is 3.78. The average Bonchev–Trinajstić information content (AvgIpc) is 2.37. The molecule has 0 radical (unpaired) electrons. The molecule has 1 saturated heterocycles. The highest BCUT2D eigenvalue weighted by Crippen LogP contribution is 2.35. The van der Waals surface area contributed by atoms with E-state index in [9.17, 15) is 4.79 Å². The molecule has 3 N–H and O–H groups in total. The van der Waals surface area contributed by atoms with Crippen molar-refractivity contribution < 1.29 is 4.79 Å². The number of carbonyl (C=O) groups excluding carboxylic acids is 1. The van der Waals surface area contributed by atoms with Crippen LogP contribution in [0.5, 0.6) is 0 Å². The molecule has 122 valence electrons. The zero-order valence-corrected chi connectivity index (χ0v) is 14.2. The van der Waals surface area contributed by atoms with Crippen LogP contribution in [0.25, 0.3) is 0 Å². The molecule has 0 aromatic carbocycles. The van der Waals surface area contributed by atoms with Gasteiger partial charge in [0, 0.05) is 18.1 Å². The Morgan fingerprint density at radius 2 is 2.05 bits per heavy atom. The molecule has 4 unspecified atom stereocenters. The molecule has 0 spiro atoms. The quantitative estimate of drug-likeness (QED) is 0.836. The number of amides is 1. The van der Waals surface area contributed by atoms with Gasteiger partial charge in [-0.15, -0.1) is 0 Å². The number of hydrogen-bond donors (Lipinski definition) is 2. The summed E-state index contributed by atoms with van der Waals surface area (Å²) in [6.07, 6.45) is 6.61. The minimum absolute atomic E-state index is 0.168. The second-order valence-corrected chi connectivity index (χ2v) is 7.71. The average molecular weight is 295 g/mol. The van der Waals surface area contributed by atoms with E-state index in [1.54, 1.807) is 0 Å². The van der Waals surface area contributed by atoms with Crippen molar-refractivity contribution in [1.82, 2.24) is 10.2 Å². The van der Waals surface area contributed by atoms with Gasteiger partial charge in [0.15, 0.2) is 0 Å². The number of nitrogens with two attached hydrogens (primary N) is 1. The molecule has 4 atom stereocenters. The van der Waals surface area contributed by atoms with Crippen molar-refractivity contribution in [3.05, 3.63) is 0 Å². The second-order valence-electron chi connectivity index (χ2n) is 7.71. The van der Waals surface area contributed by atoms with Crippen LogP contribution in [-0.2, 0) is 4.79 Å². The van der Waals surface area contributed by atoms with E-state index in [1.165, 1.54) is 25.8 Å². The van der Waals surface area contributed by atoms with Gasteiger partial charge in [0.1, 0.15) is 0 Å². The first kappa shape index (κ1) is 16.8. The summed E-state index contributed by atoms with van der Waals surface area (Å²) in [4.78, 5) is 14.8. The molecule has 1 aliphatic carbocycles. The first-order valence-corrected chi connectivity index (χ1v) is 8.67. The van der Waals surface area contributed by atoms with Crippen LogP contribution in [0.15, 0.2) is 0 Å². The van der Waals surface area contributed by atoms with Crippen molar-refractivity contribution >= 4 is 5.91 Å². The highest BCUT2D eigenvalue weighted by Gasteiger charge is 2.44. The van der Waals surface area contributed by atoms with E-state index in [4.69, 9.17) is 5.73 Å². The molecule has 1 saturated carbocycles. The fraction of sp³-hybridized carbons (Fsp3) is 0.941. The lowest BCUT2D eigenvalue weighted by Gasteiger charge is -2.48. The Kier molecular flexibility index (Phi) is 5.31. The minimum atomic E-state index is -0.500. The van der Waals surface area contributed by atoms with Crippen molar-refractivity contribution in [3.63, 3.8) is 0 Å². The van der Waals surface area contributed by atoms with Crippen molar-refractivity contribution in [2.75, 3.05) is 6.54 Å². The molecule has 0 bridgehead atoms. The molecule has 1 heterocycles. The summed E-state index contributed by atoms with van der Waals surface area (Å²) in [5.74, 6) is 0.661. The predicted molar refractivity (Wildman–Crippen MR) is 87.0 cm³/mol. The molecule has 1 aliphatic heterocycles. The molecule has 0 aromatic heterocycles. The van der Waals surface area contributed by atoms with E-state index in [2.05, 4.69) is 37.9 Å². The molecule has 1 amide bonds. The highest BCUT2D eigenvalue weighted by atomic mass is 16.1. The van der Waals surface area contributed by atoms with E-state index in [0.29, 0.717) is 12.1 Å². The van der Waals surface area contributed by atoms with Gasteiger partial charge in [0.05, 0.1) is 5.54 Å². The fourth-order valence-corrected chi connectivity index (χ4v) is 4.48. The maximum Gasteiger partial charge on any atom is 0.237 e. The van der Waals surface area contributed by atoms with E-state index in [0.717, 1.165) is 25.2 Å². The summed E-state index contributed by atoms with van der Waals surface area (Å²) in [6, 6.07) is 1.41. The Balaban J connectivity index is 2.10. The standard InChI is InChI=1S/C17H33N3O/c1-12(2)19-17(16(18)21)8-5-6-15(11-17)20-9-7-13(3)10-14(20)4/h12-15,19H,5-11H2,1-4H3,(H2,18,21). The third-order valence-corrected chi connectivity index (χ3v) is 5.42. The molecular weight excluding hydrogens is 262 g/mol. The fourth-order valence-electron chi connectivity index (χ4n) is 4.48. The molecule has 21 heavy (non-hydrogen) atoms. The lowest BCUT2D eigenvalue weighted by Crippen LogP contribution is -2.63. The molecule has 4 heteroatoms. The van der Waals surface area contributed by atoms with Gasteiger partial charge in [0.25, 0.3) is 0 Å². The smallest absolute Gasteiger partial charge is 0.237 e. The Bertz CT molecular complexity index is 371. The first-order valence-electron chi connectivity index (χ1n) is 8.67. The summed E-state index contributed by atoms with van der Waals surface area (Å²) in [6.45, 7) is 10.1. The summed E-state index contributed by atoms with van der Waals surface area (Å²) in [5.41, 5.74) is 5.28. The minimum Gasteiger partial charge on any atom is -0.368 e. The summed E-state index contributed by atoms with van der Waals surface area (Å²) in [5, 5.41) is 3.49. The van der Waals surface area contributed by atoms with Gasteiger partial charge in [0.2, 0.25) is 5.91 Å². The first-order chi connectivity index (χ1) is 9.84. The summed E-state index contributed by atoms with van der Waals surface area (Å²) >= 11 is 0. The van der Waals surface area contributed by atoms with Gasteiger partial charge in [-0.25, -0.2) is 0 Å². The SMILES string of the molecule is CC1CCN(C2CCCC(NC(C)C)(C(N)=O)C2)C(C)C1. The Hall–Kier alpha value is -0.610. The van der Waals surface area contributed by atoms with E-state index in [1.807, 2.05) is 0 Å². The molecule has 0 aromatic rings. The van der Waals surface area contributed by atoms with Gasteiger partial charge in [-0.05, 0) is 71.8 Å². The van der Waals surface area contributed by atoms with Crippen LogP contribution < -0.4 is 11.1 Å². The van der Waals surface area contributed by atoms with Crippen molar-refractivity contribution in [1.29, 1.82) is 0 Å². The summed E-state index contributed by atoms with van der Waals surface area (Å²) in [7, 11) is 0. The second kappa shape index (κ2) is 6.66. The van der Waals surface area contributed by atoms with Crippen LogP contribution in [0.3, 0.4) is 0 Å². The van der Waals surface area contributed by atoms with E-state index < -0.39 is 5.54 Å². The molecule has 4 nitrogen and oxygen atoms in total.